The van der Waals surface area contributed by atoms with Crippen LogP contribution in [0.1, 0.15) is 107 Å². The van der Waals surface area contributed by atoms with Crippen LogP contribution in [0.25, 0.3) is 6.08 Å². The summed E-state index contributed by atoms with van der Waals surface area (Å²) in [4.78, 5) is 0. The molecule has 2 saturated carbocycles. The minimum absolute atomic E-state index is 0.0101. The molecule has 0 radical (unpaired) electrons. The van der Waals surface area contributed by atoms with Crippen LogP contribution in [0.5, 0.6) is 5.75 Å². The molecule has 0 heterocycles. The third kappa shape index (κ3) is 6.79. The van der Waals surface area contributed by atoms with Crippen LogP contribution < -0.4 is 4.74 Å². The first-order chi connectivity index (χ1) is 17.9. The molecule has 1 N–H and O–H groups in total. The van der Waals surface area contributed by atoms with Gasteiger partial charge in [-0.05, 0) is 106 Å². The number of hydrogen-bond donors (Lipinski definition) is 1. The maximum absolute atomic E-state index is 15.0. The van der Waals surface area contributed by atoms with Crippen molar-refractivity contribution in [1.82, 2.24) is 0 Å². The standard InChI is InChI=1S/C32H41F3O2/c1-3-5-30(36)24-14-12-23(13-15-24)28-18-16-25(31(34)32(28)35)11-8-21-6-9-22(10-7-21)27-19-17-26(37-4-2)20-29(27)33/h8,11,16-24,30,36H,3-7,9-10,12-15H2,1-2H3/b11-8+. The molecule has 4 rings (SSSR count). The molecule has 2 aliphatic rings. The Kier molecular flexibility index (Phi) is 9.75. The highest BCUT2D eigenvalue weighted by Crippen LogP contribution is 2.40. The molecule has 2 aliphatic carbocycles. The molecule has 2 aromatic rings. The number of ether oxygens (including phenoxy) is 1. The Hall–Kier alpha value is -2.27. The largest absolute Gasteiger partial charge is 0.494 e. The second-order valence-electron chi connectivity index (χ2n) is 10.9. The Morgan fingerprint density at radius 3 is 2.16 bits per heavy atom. The van der Waals surface area contributed by atoms with Crippen molar-refractivity contribution in [1.29, 1.82) is 0 Å². The van der Waals surface area contributed by atoms with E-state index in [1.54, 1.807) is 18.2 Å². The molecule has 5 heteroatoms. The number of hydrogen-bond acceptors (Lipinski definition) is 2. The molecule has 2 fully saturated rings. The minimum atomic E-state index is -0.771. The molecule has 37 heavy (non-hydrogen) atoms. The summed E-state index contributed by atoms with van der Waals surface area (Å²) >= 11 is 0. The lowest BCUT2D eigenvalue weighted by molar-refractivity contribution is 0.0727. The summed E-state index contributed by atoms with van der Waals surface area (Å²) in [6.45, 7) is 4.45. The predicted octanol–water partition coefficient (Wildman–Crippen LogP) is 8.92. The van der Waals surface area contributed by atoms with Gasteiger partial charge in [0.1, 0.15) is 11.6 Å². The molecule has 2 nitrogen and oxygen atoms in total. The average Bonchev–Trinajstić information content (AvgIpc) is 2.90. The Labute approximate surface area is 219 Å². The van der Waals surface area contributed by atoms with Gasteiger partial charge in [0, 0.05) is 11.6 Å². The summed E-state index contributed by atoms with van der Waals surface area (Å²) in [5, 5.41) is 10.3. The van der Waals surface area contributed by atoms with Crippen LogP contribution in [0, 0.1) is 29.3 Å². The van der Waals surface area contributed by atoms with Gasteiger partial charge in [0.2, 0.25) is 0 Å². The van der Waals surface area contributed by atoms with Crippen molar-refractivity contribution >= 4 is 6.08 Å². The lowest BCUT2D eigenvalue weighted by Gasteiger charge is -2.32. The molecule has 0 aliphatic heterocycles. The first kappa shape index (κ1) is 27.8. The van der Waals surface area contributed by atoms with Crippen LogP contribution in [0.3, 0.4) is 0 Å². The average molecular weight is 515 g/mol. The van der Waals surface area contributed by atoms with E-state index in [4.69, 9.17) is 4.74 Å². The Morgan fingerprint density at radius 1 is 0.865 bits per heavy atom. The first-order valence-electron chi connectivity index (χ1n) is 14.2. The van der Waals surface area contributed by atoms with E-state index in [-0.39, 0.29) is 41.2 Å². The van der Waals surface area contributed by atoms with Gasteiger partial charge in [-0.15, -0.1) is 0 Å². The van der Waals surface area contributed by atoms with Crippen molar-refractivity contribution < 1.29 is 23.0 Å². The number of rotatable bonds is 9. The first-order valence-corrected chi connectivity index (χ1v) is 14.2. The van der Waals surface area contributed by atoms with E-state index in [9.17, 15) is 13.9 Å². The summed E-state index contributed by atoms with van der Waals surface area (Å²) in [6, 6.07) is 8.57. The highest BCUT2D eigenvalue weighted by atomic mass is 19.2. The van der Waals surface area contributed by atoms with E-state index >= 15 is 4.39 Å². The van der Waals surface area contributed by atoms with Gasteiger partial charge in [0.25, 0.3) is 0 Å². The van der Waals surface area contributed by atoms with Crippen molar-refractivity contribution in [2.45, 2.75) is 96.0 Å². The minimum Gasteiger partial charge on any atom is -0.494 e. The van der Waals surface area contributed by atoms with Crippen LogP contribution in [0.2, 0.25) is 0 Å². The Balaban J connectivity index is 1.33. The van der Waals surface area contributed by atoms with Crippen LogP contribution in [-0.4, -0.2) is 17.8 Å². The quantitative estimate of drug-likeness (QED) is 0.362. The lowest BCUT2D eigenvalue weighted by atomic mass is 9.75. The van der Waals surface area contributed by atoms with Gasteiger partial charge in [-0.1, -0.05) is 43.7 Å². The zero-order valence-electron chi connectivity index (χ0n) is 22.2. The van der Waals surface area contributed by atoms with Crippen LogP contribution in [0.4, 0.5) is 13.2 Å². The zero-order valence-corrected chi connectivity index (χ0v) is 22.2. The van der Waals surface area contributed by atoms with Crippen molar-refractivity contribution in [3.05, 3.63) is 70.5 Å². The summed E-state index contributed by atoms with van der Waals surface area (Å²) in [7, 11) is 0. The van der Waals surface area contributed by atoms with Gasteiger partial charge in [-0.2, -0.15) is 0 Å². The number of aliphatic hydroxyl groups excluding tert-OH is 1. The summed E-state index contributed by atoms with van der Waals surface area (Å²) in [5.74, 6) is -0.433. The fourth-order valence-electron chi connectivity index (χ4n) is 6.33. The zero-order chi connectivity index (χ0) is 26.4. The van der Waals surface area contributed by atoms with Gasteiger partial charge in [-0.3, -0.25) is 0 Å². The van der Waals surface area contributed by atoms with E-state index in [1.807, 2.05) is 25.1 Å². The van der Waals surface area contributed by atoms with Crippen molar-refractivity contribution in [3.8, 4) is 5.75 Å². The summed E-state index contributed by atoms with van der Waals surface area (Å²) < 4.78 is 50.0. The molecule has 1 unspecified atom stereocenters. The third-order valence-electron chi connectivity index (χ3n) is 8.52. The van der Waals surface area contributed by atoms with Gasteiger partial charge in [0.15, 0.2) is 11.6 Å². The van der Waals surface area contributed by atoms with Crippen molar-refractivity contribution in [2.24, 2.45) is 11.8 Å². The molecule has 0 saturated heterocycles. The highest BCUT2D eigenvalue weighted by molar-refractivity contribution is 5.52. The molecule has 0 spiro atoms. The van der Waals surface area contributed by atoms with E-state index in [0.29, 0.717) is 17.9 Å². The van der Waals surface area contributed by atoms with Gasteiger partial charge >= 0.3 is 0 Å². The smallest absolute Gasteiger partial charge is 0.166 e. The molecular formula is C32H41F3O2. The molecule has 1 atom stereocenters. The number of halogens is 3. The maximum atomic E-state index is 15.0. The fourth-order valence-corrected chi connectivity index (χ4v) is 6.33. The molecule has 0 amide bonds. The van der Waals surface area contributed by atoms with Crippen LogP contribution in [-0.2, 0) is 0 Å². The topological polar surface area (TPSA) is 29.5 Å². The normalized spacial score (nSPS) is 25.4. The Bertz CT molecular complexity index is 1050. The monoisotopic (exact) mass is 514 g/mol. The predicted molar refractivity (Wildman–Crippen MR) is 143 cm³/mol. The second kappa shape index (κ2) is 13.0. The van der Waals surface area contributed by atoms with Crippen molar-refractivity contribution in [2.75, 3.05) is 6.61 Å². The third-order valence-corrected chi connectivity index (χ3v) is 8.52. The molecule has 0 aromatic heterocycles. The second-order valence-corrected chi connectivity index (χ2v) is 10.9. The summed E-state index contributed by atoms with van der Waals surface area (Å²) in [6.07, 6.45) is 12.0. The fraction of sp³-hybridized carbons (Fsp3) is 0.562. The SMILES string of the molecule is CCCC(O)C1CCC(c2ccc(/C=C/C3CCC(c4ccc(OCC)cc4F)CC3)c(F)c2F)CC1. The van der Waals surface area contributed by atoms with Crippen molar-refractivity contribution in [3.63, 3.8) is 0 Å². The molecule has 0 bridgehead atoms. The molecule has 202 valence electrons. The van der Waals surface area contributed by atoms with Gasteiger partial charge in [0.05, 0.1) is 12.7 Å². The van der Waals surface area contributed by atoms with Crippen LogP contribution in [0.15, 0.2) is 36.4 Å². The van der Waals surface area contributed by atoms with Gasteiger partial charge in [-0.25, -0.2) is 13.2 Å². The number of benzene rings is 2. The summed E-state index contributed by atoms with van der Waals surface area (Å²) in [5.41, 5.74) is 1.49. The van der Waals surface area contributed by atoms with E-state index in [0.717, 1.165) is 69.8 Å². The van der Waals surface area contributed by atoms with Gasteiger partial charge < -0.3 is 9.84 Å². The molecule has 2 aromatic carbocycles. The number of aliphatic hydroxyl groups is 1. The van der Waals surface area contributed by atoms with E-state index < -0.39 is 11.6 Å². The Morgan fingerprint density at radius 2 is 1.51 bits per heavy atom. The van der Waals surface area contributed by atoms with E-state index in [2.05, 4.69) is 6.92 Å². The van der Waals surface area contributed by atoms with Crippen LogP contribution >= 0.6 is 0 Å². The molecular weight excluding hydrogens is 473 g/mol. The lowest BCUT2D eigenvalue weighted by Crippen LogP contribution is -2.25. The number of allylic oxidation sites excluding steroid dienone is 1. The highest BCUT2D eigenvalue weighted by Gasteiger charge is 2.29. The van der Waals surface area contributed by atoms with E-state index in [1.165, 1.54) is 6.07 Å². The maximum Gasteiger partial charge on any atom is 0.166 e.